The van der Waals surface area contributed by atoms with Crippen molar-refractivity contribution in [3.63, 3.8) is 0 Å². The van der Waals surface area contributed by atoms with Gasteiger partial charge in [0.25, 0.3) is 5.56 Å². The summed E-state index contributed by atoms with van der Waals surface area (Å²) in [6.45, 7) is 4.92. The van der Waals surface area contributed by atoms with Crippen LogP contribution in [0.15, 0.2) is 63.9 Å². The number of benzene rings is 2. The van der Waals surface area contributed by atoms with E-state index < -0.39 is 15.9 Å². The average molecular weight is 537 g/mol. The molecule has 2 aromatic carbocycles. The second kappa shape index (κ2) is 10.2. The third-order valence-corrected chi connectivity index (χ3v) is 9.58. The highest BCUT2D eigenvalue weighted by molar-refractivity contribution is 7.89. The monoisotopic (exact) mass is 536 g/mol. The molecule has 5 rings (SSSR count). The fourth-order valence-electron chi connectivity index (χ4n) is 4.52. The number of anilines is 1. The average Bonchev–Trinajstić information content (AvgIpc) is 3.33. The number of fused-ring (bicyclic) bond motifs is 1. The Morgan fingerprint density at radius 3 is 2.46 bits per heavy atom. The number of nitrogens with zero attached hydrogens (tertiary/aromatic N) is 3. The van der Waals surface area contributed by atoms with Crippen LogP contribution in [0.5, 0.6) is 0 Å². The molecule has 1 aliphatic heterocycles. The second-order valence-corrected chi connectivity index (χ2v) is 12.1. The minimum atomic E-state index is -3.54. The molecule has 192 valence electrons. The Morgan fingerprint density at radius 2 is 1.76 bits per heavy atom. The molecule has 1 aliphatic rings. The highest BCUT2D eigenvalue weighted by atomic mass is 32.2. The molecule has 3 heterocycles. The molecule has 8 nitrogen and oxygen atoms in total. The minimum absolute atomic E-state index is 0.203. The largest absolute Gasteiger partial charge is 0.325 e. The summed E-state index contributed by atoms with van der Waals surface area (Å²) in [6, 6.07) is 12.2. The summed E-state index contributed by atoms with van der Waals surface area (Å²) < 4.78 is 28.5. The van der Waals surface area contributed by atoms with Crippen LogP contribution in [-0.2, 0) is 21.4 Å². The molecule has 0 radical (unpaired) electrons. The zero-order valence-electron chi connectivity index (χ0n) is 20.7. The first-order chi connectivity index (χ1) is 17.7. The van der Waals surface area contributed by atoms with Crippen molar-refractivity contribution in [3.05, 3.63) is 75.7 Å². The zero-order chi connectivity index (χ0) is 26.2. The van der Waals surface area contributed by atoms with Crippen molar-refractivity contribution in [2.24, 2.45) is 0 Å². The van der Waals surface area contributed by atoms with E-state index in [0.29, 0.717) is 29.0 Å². The molecule has 1 amide bonds. The molecule has 0 bridgehead atoms. The van der Waals surface area contributed by atoms with E-state index in [1.807, 2.05) is 31.4 Å². The van der Waals surface area contributed by atoms with E-state index >= 15 is 0 Å². The lowest BCUT2D eigenvalue weighted by molar-refractivity contribution is -0.116. The maximum Gasteiger partial charge on any atom is 0.263 e. The molecule has 2 aromatic heterocycles. The summed E-state index contributed by atoms with van der Waals surface area (Å²) in [5.74, 6) is -0.405. The normalized spacial score (nSPS) is 14.6. The van der Waals surface area contributed by atoms with E-state index in [0.717, 1.165) is 36.0 Å². The Morgan fingerprint density at radius 1 is 1.03 bits per heavy atom. The first kappa shape index (κ1) is 25.3. The fourth-order valence-corrected chi connectivity index (χ4v) is 6.94. The van der Waals surface area contributed by atoms with Crippen molar-refractivity contribution in [1.82, 2.24) is 13.9 Å². The van der Waals surface area contributed by atoms with Gasteiger partial charge in [0.15, 0.2) is 0 Å². The van der Waals surface area contributed by atoms with Gasteiger partial charge >= 0.3 is 0 Å². The van der Waals surface area contributed by atoms with Crippen LogP contribution in [0.25, 0.3) is 21.3 Å². The number of rotatable bonds is 6. The van der Waals surface area contributed by atoms with E-state index in [-0.39, 0.29) is 17.0 Å². The lowest BCUT2D eigenvalue weighted by Crippen LogP contribution is -2.35. The molecule has 1 N–H and O–H groups in total. The standard InChI is InChI=1S/C27H28N4O4S2/c1-18-6-7-20(14-19(18)2)23-16-36-26-25(23)27(33)30(17-28-26)15-24(32)29-21-8-10-22(11-9-21)37(34,35)31-12-4-3-5-13-31/h6-11,14,16-17H,3-5,12-13,15H2,1-2H3,(H,29,32). The van der Waals surface area contributed by atoms with Gasteiger partial charge in [0, 0.05) is 29.7 Å². The fraction of sp³-hybridized carbons (Fsp3) is 0.296. The van der Waals surface area contributed by atoms with Gasteiger partial charge < -0.3 is 5.32 Å². The van der Waals surface area contributed by atoms with Crippen LogP contribution in [-0.4, -0.2) is 41.3 Å². The smallest absolute Gasteiger partial charge is 0.263 e. The number of carbonyl (C=O) groups is 1. The summed E-state index contributed by atoms with van der Waals surface area (Å²) in [7, 11) is -3.54. The number of hydrogen-bond donors (Lipinski definition) is 1. The van der Waals surface area contributed by atoms with Crippen molar-refractivity contribution >= 4 is 43.2 Å². The number of carbonyl (C=O) groups excluding carboxylic acids is 1. The van der Waals surface area contributed by atoms with Gasteiger partial charge in [-0.2, -0.15) is 4.31 Å². The Kier molecular flexibility index (Phi) is 6.98. The van der Waals surface area contributed by atoms with Gasteiger partial charge in [0.2, 0.25) is 15.9 Å². The van der Waals surface area contributed by atoms with Crippen molar-refractivity contribution < 1.29 is 13.2 Å². The number of piperidine rings is 1. The predicted molar refractivity (Wildman–Crippen MR) is 146 cm³/mol. The van der Waals surface area contributed by atoms with E-state index in [1.54, 1.807) is 12.1 Å². The van der Waals surface area contributed by atoms with Crippen molar-refractivity contribution in [3.8, 4) is 11.1 Å². The third kappa shape index (κ3) is 5.09. The van der Waals surface area contributed by atoms with Gasteiger partial charge in [-0.3, -0.25) is 14.2 Å². The number of sulfonamides is 1. The van der Waals surface area contributed by atoms with E-state index in [9.17, 15) is 18.0 Å². The van der Waals surface area contributed by atoms with Gasteiger partial charge in [0.1, 0.15) is 11.4 Å². The van der Waals surface area contributed by atoms with Crippen LogP contribution in [0, 0.1) is 13.8 Å². The molecule has 10 heteroatoms. The third-order valence-electron chi connectivity index (χ3n) is 6.78. The van der Waals surface area contributed by atoms with E-state index in [4.69, 9.17) is 0 Å². The molecule has 1 fully saturated rings. The van der Waals surface area contributed by atoms with Gasteiger partial charge in [-0.25, -0.2) is 13.4 Å². The molecular weight excluding hydrogens is 508 g/mol. The first-order valence-corrected chi connectivity index (χ1v) is 14.5. The second-order valence-electron chi connectivity index (χ2n) is 9.34. The number of amides is 1. The first-order valence-electron chi connectivity index (χ1n) is 12.2. The quantitative estimate of drug-likeness (QED) is 0.389. The predicted octanol–water partition coefficient (Wildman–Crippen LogP) is 4.56. The lowest BCUT2D eigenvalue weighted by Gasteiger charge is -2.25. The topological polar surface area (TPSA) is 101 Å². The highest BCUT2D eigenvalue weighted by Gasteiger charge is 2.25. The Labute approximate surface area is 219 Å². The molecule has 0 saturated carbocycles. The Bertz CT molecular complexity index is 1630. The Hall–Kier alpha value is -3.34. The van der Waals surface area contributed by atoms with Crippen LogP contribution in [0.3, 0.4) is 0 Å². The minimum Gasteiger partial charge on any atom is -0.325 e. The molecular formula is C27H28N4O4S2. The number of nitrogens with one attached hydrogen (secondary N) is 1. The van der Waals surface area contributed by atoms with E-state index in [2.05, 4.69) is 16.4 Å². The van der Waals surface area contributed by atoms with Crippen LogP contribution in [0.4, 0.5) is 5.69 Å². The highest BCUT2D eigenvalue weighted by Crippen LogP contribution is 2.31. The summed E-state index contributed by atoms with van der Waals surface area (Å²) in [4.78, 5) is 31.3. The molecule has 37 heavy (non-hydrogen) atoms. The summed E-state index contributed by atoms with van der Waals surface area (Å²) in [6.07, 6.45) is 4.16. The lowest BCUT2D eigenvalue weighted by atomic mass is 10.0. The number of hydrogen-bond acceptors (Lipinski definition) is 6. The van der Waals surface area contributed by atoms with Crippen LogP contribution in [0.2, 0.25) is 0 Å². The van der Waals surface area contributed by atoms with Gasteiger partial charge in [-0.15, -0.1) is 11.3 Å². The summed E-state index contributed by atoms with van der Waals surface area (Å²) in [5, 5.41) is 5.17. The van der Waals surface area contributed by atoms with Crippen LogP contribution >= 0.6 is 11.3 Å². The molecule has 4 aromatic rings. The number of aryl methyl sites for hydroxylation is 2. The summed E-state index contributed by atoms with van der Waals surface area (Å²) in [5.41, 5.74) is 4.23. The van der Waals surface area contributed by atoms with Crippen LogP contribution < -0.4 is 10.9 Å². The van der Waals surface area contributed by atoms with E-state index in [1.165, 1.54) is 44.2 Å². The van der Waals surface area contributed by atoms with Crippen molar-refractivity contribution in [2.45, 2.75) is 44.6 Å². The molecule has 0 spiro atoms. The van der Waals surface area contributed by atoms with Gasteiger partial charge in [-0.1, -0.05) is 24.6 Å². The number of aromatic nitrogens is 2. The molecule has 0 atom stereocenters. The SMILES string of the molecule is Cc1ccc(-c2csc3ncn(CC(=O)Nc4ccc(S(=O)(=O)N5CCCCC5)cc4)c(=O)c23)cc1C. The number of thiophene rings is 1. The van der Waals surface area contributed by atoms with Crippen LogP contribution in [0.1, 0.15) is 30.4 Å². The van der Waals surface area contributed by atoms with Gasteiger partial charge in [0.05, 0.1) is 16.6 Å². The molecule has 1 saturated heterocycles. The van der Waals surface area contributed by atoms with Crippen molar-refractivity contribution in [2.75, 3.05) is 18.4 Å². The molecule has 0 aliphatic carbocycles. The zero-order valence-corrected chi connectivity index (χ0v) is 22.4. The molecule has 0 unspecified atom stereocenters. The van der Waals surface area contributed by atoms with Gasteiger partial charge in [-0.05, 0) is 67.6 Å². The Balaban J connectivity index is 1.33. The maximum absolute atomic E-state index is 13.3. The van der Waals surface area contributed by atoms with Crippen molar-refractivity contribution in [1.29, 1.82) is 0 Å². The summed E-state index contributed by atoms with van der Waals surface area (Å²) >= 11 is 1.40. The maximum atomic E-state index is 13.3.